The van der Waals surface area contributed by atoms with Gasteiger partial charge in [-0.2, -0.15) is 0 Å². The minimum absolute atomic E-state index is 0.0576. The average Bonchev–Trinajstić information content (AvgIpc) is 1.45. The van der Waals surface area contributed by atoms with Crippen LogP contribution in [-0.4, -0.2) is 117 Å². The number of nitrogens with zero attached hydrogens (tertiary/aromatic N) is 6. The topological polar surface area (TPSA) is 360 Å². The van der Waals surface area contributed by atoms with Gasteiger partial charge in [0.15, 0.2) is 0 Å². The third-order valence-corrected chi connectivity index (χ3v) is 27.7. The van der Waals surface area contributed by atoms with Gasteiger partial charge in [0, 0.05) is 72.9 Å². The molecule has 4 saturated carbocycles. The van der Waals surface area contributed by atoms with Gasteiger partial charge in [0.25, 0.3) is 43.2 Å². The van der Waals surface area contributed by atoms with Crippen molar-refractivity contribution in [2.24, 2.45) is 0 Å². The van der Waals surface area contributed by atoms with Gasteiger partial charge in [-0.3, -0.25) is 29.8 Å². The summed E-state index contributed by atoms with van der Waals surface area (Å²) < 4.78 is 102. The number of aliphatic hydroxyl groups is 2. The molecule has 30 heteroatoms. The third kappa shape index (κ3) is 18.5. The number of carbonyl (C=O) groups excluding carboxylic acids is 2. The van der Waals surface area contributed by atoms with Gasteiger partial charge in [-0.1, -0.05) is 84.9 Å². The molecular formula is C94H94F2N12O14S2. The Morgan fingerprint density at radius 1 is 0.484 bits per heavy atom. The lowest BCUT2D eigenvalue weighted by atomic mass is 9.78. The number of H-pyrrole nitrogens is 2. The number of benzene rings is 8. The molecular weight excluding hydrogens is 1620 g/mol. The molecule has 0 bridgehead atoms. The minimum atomic E-state index is -4.67. The Balaban J connectivity index is 0.000000176. The second kappa shape index (κ2) is 33.9. The number of aromatic nitrogens is 4. The van der Waals surface area contributed by atoms with E-state index in [4.69, 9.17) is 9.47 Å². The Bertz CT molecular complexity index is 5940. The van der Waals surface area contributed by atoms with Crippen LogP contribution < -0.4 is 39.4 Å². The molecule has 6 fully saturated rings. The van der Waals surface area contributed by atoms with Crippen molar-refractivity contribution in [2.45, 2.75) is 173 Å². The second-order valence-electron chi connectivity index (χ2n) is 34.1. The van der Waals surface area contributed by atoms with E-state index in [0.29, 0.717) is 57.8 Å². The van der Waals surface area contributed by atoms with Crippen molar-refractivity contribution in [3.05, 3.63) is 273 Å². The van der Waals surface area contributed by atoms with E-state index in [1.165, 1.54) is 84.6 Å². The van der Waals surface area contributed by atoms with Crippen LogP contribution in [0.2, 0.25) is 0 Å². The zero-order valence-corrected chi connectivity index (χ0v) is 69.9. The van der Waals surface area contributed by atoms with E-state index in [1.54, 1.807) is 62.6 Å². The molecule has 18 rings (SSSR count). The summed E-state index contributed by atoms with van der Waals surface area (Å²) in [5, 5.41) is 51.8. The Morgan fingerprint density at radius 2 is 0.855 bits per heavy atom. The lowest BCUT2D eigenvalue weighted by molar-refractivity contribution is -0.384. The summed E-state index contributed by atoms with van der Waals surface area (Å²) in [5.74, 6) is -0.0211. The average molecular weight is 1720 g/mol. The predicted octanol–water partition coefficient (Wildman–Crippen LogP) is 19.4. The fraction of sp³-hybridized carbons (Fsp3) is 0.319. The summed E-state index contributed by atoms with van der Waals surface area (Å²) in [7, 11) is -9.33. The van der Waals surface area contributed by atoms with Gasteiger partial charge in [-0.25, -0.2) is 45.0 Å². The van der Waals surface area contributed by atoms with Crippen LogP contribution in [0.1, 0.15) is 183 Å². The van der Waals surface area contributed by atoms with E-state index in [0.717, 1.165) is 96.3 Å². The fourth-order valence-electron chi connectivity index (χ4n) is 17.6. The first-order valence-corrected chi connectivity index (χ1v) is 44.9. The van der Waals surface area contributed by atoms with E-state index < -0.39 is 85.4 Å². The number of hydrogen-bond acceptors (Lipinski definition) is 20. The number of amides is 2. The number of nitro groups is 2. The number of nitrogens with one attached hydrogen (secondary N) is 6. The molecule has 0 spiro atoms. The highest BCUT2D eigenvalue weighted by Gasteiger charge is 2.43. The largest absolute Gasteiger partial charge is 0.455 e. The number of alkyl halides is 2. The maximum absolute atomic E-state index is 15.5. The highest BCUT2D eigenvalue weighted by molar-refractivity contribution is 7.90. The molecule has 124 heavy (non-hydrogen) atoms. The zero-order valence-electron chi connectivity index (χ0n) is 68.3. The Hall–Kier alpha value is -12.6. The van der Waals surface area contributed by atoms with Crippen molar-refractivity contribution in [1.29, 1.82) is 0 Å². The fourth-order valence-corrected chi connectivity index (χ4v) is 19.5. The SMILES string of the molecule is CC1(O)CCC(F)(CNc2ccc(S(=O)(=O)NC(=O)c3ccc(-c4ccc(N5CCC[C@@H]5c5ccccc5C5CC5)cc4)cc3Oc3cnc4[nH]ccc4c3)cc2[N+](=O)[O-])CC1.CC1(O)CCC(F)(CNc2ccc(S(=O)(=O)NC(=O)c3ccc(-c4ccc(N5CCC[C@@H]5c5ccccc5C5CC5)cc4)cc3Oc3cnc4[nH]ccc4c3)cc2[N+](=O)[O-])CC1. The van der Waals surface area contributed by atoms with Gasteiger partial charge >= 0.3 is 0 Å². The molecule has 0 radical (unpaired) electrons. The van der Waals surface area contributed by atoms with Crippen LogP contribution in [0.15, 0.2) is 229 Å². The first-order chi connectivity index (χ1) is 59.5. The molecule has 8 N–H and O–H groups in total. The smallest absolute Gasteiger partial charge is 0.293 e. The molecule has 6 aliphatic rings. The van der Waals surface area contributed by atoms with Crippen LogP contribution in [0.4, 0.5) is 42.9 Å². The Morgan fingerprint density at radius 3 is 1.23 bits per heavy atom. The number of fused-ring (bicyclic) bond motifs is 2. The summed E-state index contributed by atoms with van der Waals surface area (Å²) in [6.45, 7) is 4.66. The van der Waals surface area contributed by atoms with Crippen molar-refractivity contribution >= 4 is 88.1 Å². The molecule has 640 valence electrons. The molecule has 8 aromatic carbocycles. The van der Waals surface area contributed by atoms with Crippen LogP contribution in [0, 0.1) is 20.2 Å². The lowest BCUT2D eigenvalue weighted by Crippen LogP contribution is -2.42. The number of pyridine rings is 2. The minimum Gasteiger partial charge on any atom is -0.455 e. The molecule has 4 aliphatic carbocycles. The summed E-state index contributed by atoms with van der Waals surface area (Å²) in [4.78, 5) is 69.2. The summed E-state index contributed by atoms with van der Waals surface area (Å²) >= 11 is 0. The van der Waals surface area contributed by atoms with Crippen LogP contribution in [0.3, 0.4) is 0 Å². The molecule has 26 nitrogen and oxygen atoms in total. The quantitative estimate of drug-likeness (QED) is 0.0184. The number of halogens is 2. The van der Waals surface area contributed by atoms with Crippen molar-refractivity contribution in [3.8, 4) is 45.3 Å². The van der Waals surface area contributed by atoms with Gasteiger partial charge in [0.05, 0.1) is 66.4 Å². The van der Waals surface area contributed by atoms with Crippen LogP contribution in [0.5, 0.6) is 23.0 Å². The number of anilines is 4. The van der Waals surface area contributed by atoms with Crippen molar-refractivity contribution in [1.82, 2.24) is 29.4 Å². The molecule has 6 heterocycles. The molecule has 2 atom stereocenters. The summed E-state index contributed by atoms with van der Waals surface area (Å²) in [6, 6.07) is 57.7. The van der Waals surface area contributed by atoms with E-state index >= 15 is 8.78 Å². The van der Waals surface area contributed by atoms with E-state index in [2.05, 4.69) is 123 Å². The number of carbonyl (C=O) groups is 2. The molecule has 4 aromatic heterocycles. The molecule has 2 amide bonds. The van der Waals surface area contributed by atoms with Crippen molar-refractivity contribution < 1.29 is 64.7 Å². The number of ether oxygens (including phenoxy) is 2. The maximum atomic E-state index is 15.5. The number of aromatic amines is 2. The molecule has 2 aliphatic heterocycles. The van der Waals surface area contributed by atoms with Gasteiger partial charge in [0.2, 0.25) is 0 Å². The van der Waals surface area contributed by atoms with Crippen LogP contribution in [0.25, 0.3) is 44.3 Å². The number of rotatable bonds is 26. The standard InChI is InChI=1S/2C47H47FN6O7S/c2*1-46(56)19-21-47(48,22-20-46)29-51-40-17-15-36(27-42(40)54(57)58)62(59,60)52-45(55)39-16-12-32(26-43(39)61-35-25-33-18-23-49-44(33)50-28-35)30-10-13-34(14-11-30)53-24-4-7-41(53)38-6-3-2-5-37(38)31-8-9-31/h2*2-3,5-6,10-18,23,25-28,31,41,51,56H,4,7-9,19-22,24,29H2,1H3,(H,49,50)(H,52,55)/t2*41-,46?,47?/m11/s1. The van der Waals surface area contributed by atoms with Gasteiger partial charge in [-0.15, -0.1) is 0 Å². The second-order valence-corrected chi connectivity index (χ2v) is 37.5. The zero-order chi connectivity index (χ0) is 86.5. The predicted molar refractivity (Wildman–Crippen MR) is 470 cm³/mol. The first-order valence-electron chi connectivity index (χ1n) is 41.9. The maximum Gasteiger partial charge on any atom is 0.293 e. The van der Waals surface area contributed by atoms with Crippen molar-refractivity contribution in [3.63, 3.8) is 0 Å². The van der Waals surface area contributed by atoms with E-state index in [9.17, 15) is 56.9 Å². The molecule has 2 saturated heterocycles. The van der Waals surface area contributed by atoms with Crippen LogP contribution in [-0.2, 0) is 20.0 Å². The summed E-state index contributed by atoms with van der Waals surface area (Å²) in [5.41, 5.74) is 5.39. The van der Waals surface area contributed by atoms with E-state index in [-0.39, 0.29) is 98.5 Å². The normalized spacial score (nSPS) is 21.5. The number of sulfonamides is 2. The highest BCUT2D eigenvalue weighted by Crippen LogP contribution is 2.50. The van der Waals surface area contributed by atoms with Crippen LogP contribution >= 0.6 is 0 Å². The van der Waals surface area contributed by atoms with Crippen molar-refractivity contribution in [2.75, 3.05) is 46.6 Å². The molecule has 0 unspecified atom stereocenters. The number of hydrogen-bond donors (Lipinski definition) is 8. The highest BCUT2D eigenvalue weighted by atomic mass is 32.2. The number of nitro benzene ring substituents is 2. The summed E-state index contributed by atoms with van der Waals surface area (Å²) in [6.07, 6.45) is 17.0. The Labute approximate surface area is 715 Å². The van der Waals surface area contributed by atoms with E-state index in [1.807, 2.05) is 36.4 Å². The third-order valence-electron chi connectivity index (χ3n) is 25.0. The van der Waals surface area contributed by atoms with Gasteiger partial charge < -0.3 is 50.1 Å². The monoisotopic (exact) mass is 1720 g/mol. The van der Waals surface area contributed by atoms with Gasteiger partial charge in [0.1, 0.15) is 57.0 Å². The Kier molecular flexibility index (Phi) is 22.8. The lowest BCUT2D eigenvalue weighted by Gasteiger charge is -2.37. The molecule has 12 aromatic rings. The first kappa shape index (κ1) is 83.6. The van der Waals surface area contributed by atoms with Gasteiger partial charge in [-0.05, 0) is 270 Å².